The fraction of sp³-hybridized carbons (Fsp3) is 1.00. The van der Waals surface area contributed by atoms with Crippen molar-refractivity contribution in [3.8, 4) is 0 Å². The normalized spacial score (nSPS) is 34.4. The van der Waals surface area contributed by atoms with Crippen molar-refractivity contribution in [3.63, 3.8) is 0 Å². The highest BCUT2D eigenvalue weighted by Gasteiger charge is 2.42. The van der Waals surface area contributed by atoms with Crippen LogP contribution in [0, 0.1) is 0 Å². The smallest absolute Gasteiger partial charge is 0.113 e. The first kappa shape index (κ1) is 13.9. The summed E-state index contributed by atoms with van der Waals surface area (Å²) in [4.78, 5) is 0. The van der Waals surface area contributed by atoms with Crippen molar-refractivity contribution in [2.24, 2.45) is 0 Å². The predicted octanol–water partition coefficient (Wildman–Crippen LogP) is -0.427. The maximum absolute atomic E-state index is 5.82. The Bertz CT molecular complexity index is 192. The molecule has 0 amide bonds. The van der Waals surface area contributed by atoms with Crippen LogP contribution in [0.15, 0.2) is 0 Å². The van der Waals surface area contributed by atoms with Crippen LogP contribution in [0.2, 0.25) is 0 Å². The molecule has 0 saturated carbocycles. The Labute approximate surface area is 97.7 Å². The minimum absolute atomic E-state index is 0.183. The van der Waals surface area contributed by atoms with Crippen LogP contribution in [0.25, 0.3) is 0 Å². The third-order valence-electron chi connectivity index (χ3n) is 2.55. The molecule has 2 unspecified atom stereocenters. The lowest BCUT2D eigenvalue weighted by atomic mass is 9.93. The summed E-state index contributed by atoms with van der Waals surface area (Å²) in [5.41, 5.74) is 0. The Hall–Kier alpha value is -0.135. The summed E-state index contributed by atoms with van der Waals surface area (Å²) in [6, 6.07) is -0.484. The Balaban J connectivity index is 2.46. The average molecular weight is 230 g/mol. The van der Waals surface area contributed by atoms with Crippen LogP contribution in [-0.4, -0.2) is 73.3 Å². The summed E-state index contributed by atoms with van der Waals surface area (Å²) in [6.45, 7) is 1.43. The van der Waals surface area contributed by atoms with Crippen molar-refractivity contribution in [1.29, 1.82) is 0 Å². The summed E-state index contributed by atoms with van der Waals surface area (Å²) in [5.74, 6) is 0. The number of rotatable bonds is 7. The van der Waals surface area contributed by atoms with Gasteiger partial charge >= 0.3 is 0 Å². The molecule has 0 aromatic rings. The lowest BCUT2D eigenvalue weighted by Crippen LogP contribution is -2.39. The number of ether oxygens (including phenoxy) is 5. The second-order valence-electron chi connectivity index (χ2n) is 3.62. The molecule has 1 heterocycles. The first-order valence-electron chi connectivity index (χ1n) is 5.28. The molecule has 1 saturated heterocycles. The average Bonchev–Trinajstić information content (AvgIpc) is 2.56. The molecule has 1 fully saturated rings. The molecular formula is C10H19BO5. The van der Waals surface area contributed by atoms with Crippen LogP contribution in [0.4, 0.5) is 0 Å². The van der Waals surface area contributed by atoms with Gasteiger partial charge in [0.25, 0.3) is 0 Å². The van der Waals surface area contributed by atoms with Gasteiger partial charge in [0.05, 0.1) is 19.8 Å². The standard InChI is InChI=1S/C10H19BO5/c1-12-4-5-15-9-8(14-3)7(6-13-2)16-10(9)11/h7-10H,4-6H2,1-3H3/t7-,8?,9?,10-/m1/s1. The van der Waals surface area contributed by atoms with Gasteiger partial charge < -0.3 is 23.7 Å². The second-order valence-corrected chi connectivity index (χ2v) is 3.62. The van der Waals surface area contributed by atoms with E-state index in [2.05, 4.69) is 0 Å². The van der Waals surface area contributed by atoms with Crippen molar-refractivity contribution in [1.82, 2.24) is 0 Å². The Morgan fingerprint density at radius 1 is 1.06 bits per heavy atom. The number of methoxy groups -OCH3 is 3. The van der Waals surface area contributed by atoms with Gasteiger partial charge in [-0.05, 0) is 0 Å². The predicted molar refractivity (Wildman–Crippen MR) is 58.7 cm³/mol. The van der Waals surface area contributed by atoms with Crippen LogP contribution < -0.4 is 0 Å². The molecule has 0 N–H and O–H groups in total. The molecule has 1 aliphatic heterocycles. The molecule has 1 aliphatic rings. The van der Waals surface area contributed by atoms with Gasteiger partial charge in [-0.15, -0.1) is 0 Å². The minimum atomic E-state index is -0.484. The van der Waals surface area contributed by atoms with E-state index in [4.69, 9.17) is 31.5 Å². The quantitative estimate of drug-likeness (QED) is 0.438. The van der Waals surface area contributed by atoms with E-state index in [0.29, 0.717) is 19.8 Å². The van der Waals surface area contributed by atoms with Crippen molar-refractivity contribution >= 4 is 7.85 Å². The summed E-state index contributed by atoms with van der Waals surface area (Å²) in [5, 5.41) is 0. The van der Waals surface area contributed by atoms with Crippen LogP contribution in [-0.2, 0) is 23.7 Å². The number of hydrogen-bond acceptors (Lipinski definition) is 5. The topological polar surface area (TPSA) is 46.2 Å². The molecule has 0 aromatic heterocycles. The number of hydrogen-bond donors (Lipinski definition) is 0. The molecule has 6 heteroatoms. The van der Waals surface area contributed by atoms with E-state index in [9.17, 15) is 0 Å². The second kappa shape index (κ2) is 7.24. The molecule has 16 heavy (non-hydrogen) atoms. The molecule has 1 rings (SSSR count). The molecular weight excluding hydrogens is 211 g/mol. The molecule has 2 radical (unpaired) electrons. The molecule has 0 aliphatic carbocycles. The lowest BCUT2D eigenvalue weighted by molar-refractivity contribution is -0.0629. The van der Waals surface area contributed by atoms with Crippen molar-refractivity contribution in [2.75, 3.05) is 41.2 Å². The van der Waals surface area contributed by atoms with Crippen LogP contribution >= 0.6 is 0 Å². The Kier molecular flexibility index (Phi) is 6.30. The first-order valence-corrected chi connectivity index (χ1v) is 5.28. The SMILES string of the molecule is [B][C@@H]1O[C@H](COC)C(OC)C1OCCOC. The lowest BCUT2D eigenvalue weighted by Gasteiger charge is -2.22. The molecule has 0 spiro atoms. The van der Waals surface area contributed by atoms with Gasteiger partial charge in [0.2, 0.25) is 0 Å². The fourth-order valence-electron chi connectivity index (χ4n) is 1.80. The van der Waals surface area contributed by atoms with E-state index >= 15 is 0 Å². The summed E-state index contributed by atoms with van der Waals surface area (Å²) in [6.07, 6.45) is -0.662. The zero-order chi connectivity index (χ0) is 12.0. The maximum atomic E-state index is 5.82. The summed E-state index contributed by atoms with van der Waals surface area (Å²) >= 11 is 0. The zero-order valence-corrected chi connectivity index (χ0v) is 10.0. The van der Waals surface area contributed by atoms with Crippen molar-refractivity contribution in [3.05, 3.63) is 0 Å². The van der Waals surface area contributed by atoms with E-state index in [0.717, 1.165) is 0 Å². The van der Waals surface area contributed by atoms with Crippen LogP contribution in [0.3, 0.4) is 0 Å². The maximum Gasteiger partial charge on any atom is 0.113 e. The Morgan fingerprint density at radius 2 is 1.81 bits per heavy atom. The van der Waals surface area contributed by atoms with Crippen LogP contribution in [0.5, 0.6) is 0 Å². The molecule has 5 nitrogen and oxygen atoms in total. The Morgan fingerprint density at radius 3 is 2.38 bits per heavy atom. The molecule has 4 atom stereocenters. The monoisotopic (exact) mass is 230 g/mol. The molecule has 0 bridgehead atoms. The van der Waals surface area contributed by atoms with Crippen LogP contribution in [0.1, 0.15) is 0 Å². The minimum Gasteiger partial charge on any atom is -0.382 e. The fourth-order valence-corrected chi connectivity index (χ4v) is 1.80. The summed E-state index contributed by atoms with van der Waals surface area (Å²) in [7, 11) is 10.7. The third kappa shape index (κ3) is 3.43. The van der Waals surface area contributed by atoms with Gasteiger partial charge in [-0.3, -0.25) is 0 Å². The van der Waals surface area contributed by atoms with E-state index in [1.165, 1.54) is 0 Å². The van der Waals surface area contributed by atoms with Gasteiger partial charge in [0.1, 0.15) is 26.2 Å². The van der Waals surface area contributed by atoms with E-state index in [1.54, 1.807) is 21.3 Å². The highest BCUT2D eigenvalue weighted by atomic mass is 16.6. The first-order chi connectivity index (χ1) is 7.74. The van der Waals surface area contributed by atoms with Gasteiger partial charge in [0, 0.05) is 27.3 Å². The van der Waals surface area contributed by atoms with E-state index < -0.39 is 6.00 Å². The molecule has 92 valence electrons. The van der Waals surface area contributed by atoms with Gasteiger partial charge in [-0.25, -0.2) is 0 Å². The largest absolute Gasteiger partial charge is 0.382 e. The molecule has 0 aromatic carbocycles. The van der Waals surface area contributed by atoms with Crippen molar-refractivity contribution in [2.45, 2.75) is 24.3 Å². The zero-order valence-electron chi connectivity index (χ0n) is 10.0. The third-order valence-corrected chi connectivity index (χ3v) is 2.55. The summed E-state index contributed by atoms with van der Waals surface area (Å²) < 4.78 is 26.4. The highest BCUT2D eigenvalue weighted by molar-refractivity contribution is 6.11. The van der Waals surface area contributed by atoms with Crippen molar-refractivity contribution < 1.29 is 23.7 Å². The van der Waals surface area contributed by atoms with E-state index in [1.807, 2.05) is 0 Å². The highest BCUT2D eigenvalue weighted by Crippen LogP contribution is 2.24. The van der Waals surface area contributed by atoms with E-state index in [-0.39, 0.29) is 18.3 Å². The van der Waals surface area contributed by atoms with Gasteiger partial charge in [-0.2, -0.15) is 0 Å². The van der Waals surface area contributed by atoms with Gasteiger partial charge in [-0.1, -0.05) is 0 Å². The van der Waals surface area contributed by atoms with Gasteiger partial charge in [0.15, 0.2) is 0 Å².